The number of hydrogen-bond donors (Lipinski definition) is 2. The lowest BCUT2D eigenvalue weighted by Gasteiger charge is -2.31. The van der Waals surface area contributed by atoms with Gasteiger partial charge in [-0.25, -0.2) is 9.98 Å². The largest absolute Gasteiger partial charge is 0.489 e. The summed E-state index contributed by atoms with van der Waals surface area (Å²) in [7, 11) is 0. The summed E-state index contributed by atoms with van der Waals surface area (Å²) >= 11 is 0. The predicted octanol–water partition coefficient (Wildman–Crippen LogP) is 3.83. The molecular weight excluding hydrogens is 402 g/mol. The maximum atomic E-state index is 6.01. The number of nitrogens with one attached hydrogen (secondary N) is 2. The highest BCUT2D eigenvalue weighted by Gasteiger charge is 2.21. The average molecular weight is 442 g/mol. The number of aliphatic imine (C=N–C) groups is 1. The summed E-state index contributed by atoms with van der Waals surface area (Å²) in [4.78, 5) is 11.7. The van der Waals surface area contributed by atoms with Crippen LogP contribution in [0.4, 0.5) is 0 Å². The van der Waals surface area contributed by atoms with Gasteiger partial charge in [0.05, 0.1) is 18.8 Å². The van der Waals surface area contributed by atoms with E-state index in [2.05, 4.69) is 53.4 Å². The summed E-state index contributed by atoms with van der Waals surface area (Å²) in [5, 5.41) is 6.88. The van der Waals surface area contributed by atoms with Gasteiger partial charge in [-0.05, 0) is 84.2 Å². The molecule has 2 aromatic rings. The Hall–Kier alpha value is -2.54. The van der Waals surface area contributed by atoms with Crippen LogP contribution in [0.1, 0.15) is 49.6 Å². The first-order valence-corrected chi connectivity index (χ1v) is 11.8. The van der Waals surface area contributed by atoms with E-state index in [9.17, 15) is 0 Å². The Kier molecular flexibility index (Phi) is 8.97. The molecule has 7 heteroatoms. The van der Waals surface area contributed by atoms with Gasteiger partial charge < -0.3 is 19.8 Å². The summed E-state index contributed by atoms with van der Waals surface area (Å²) < 4.78 is 11.7. The minimum absolute atomic E-state index is 0.0120. The average Bonchev–Trinajstić information content (AvgIpc) is 3.08. The van der Waals surface area contributed by atoms with Crippen molar-refractivity contribution >= 4 is 5.96 Å². The second-order valence-electron chi connectivity index (χ2n) is 8.81. The molecule has 1 aliphatic heterocycles. The fourth-order valence-electron chi connectivity index (χ4n) is 3.91. The van der Waals surface area contributed by atoms with Gasteiger partial charge in [0.1, 0.15) is 17.6 Å². The van der Waals surface area contributed by atoms with Gasteiger partial charge in [0.25, 0.3) is 0 Å². The number of hydrogen-bond acceptors (Lipinski definition) is 5. The maximum Gasteiger partial charge on any atom is 0.208 e. The summed E-state index contributed by atoms with van der Waals surface area (Å²) in [5.74, 6) is 4.16. The van der Waals surface area contributed by atoms with Crippen LogP contribution in [-0.4, -0.2) is 54.7 Å². The van der Waals surface area contributed by atoms with Crippen molar-refractivity contribution in [2.75, 3.05) is 32.7 Å². The number of ether oxygens (including phenoxy) is 1. The molecule has 3 rings (SSSR count). The third kappa shape index (κ3) is 7.55. The van der Waals surface area contributed by atoms with E-state index in [-0.39, 0.29) is 6.10 Å². The van der Waals surface area contributed by atoms with Crippen LogP contribution in [-0.2, 0) is 6.54 Å². The van der Waals surface area contributed by atoms with Gasteiger partial charge in [0.2, 0.25) is 5.89 Å². The molecule has 2 heterocycles. The van der Waals surface area contributed by atoms with Crippen molar-refractivity contribution in [1.82, 2.24) is 20.5 Å². The van der Waals surface area contributed by atoms with Crippen LogP contribution >= 0.6 is 0 Å². The van der Waals surface area contributed by atoms with Crippen LogP contribution < -0.4 is 15.4 Å². The van der Waals surface area contributed by atoms with E-state index in [1.807, 2.05) is 26.0 Å². The van der Waals surface area contributed by atoms with E-state index in [0.717, 1.165) is 74.6 Å². The second kappa shape index (κ2) is 11.9. The Morgan fingerprint density at radius 3 is 2.69 bits per heavy atom. The van der Waals surface area contributed by atoms with Crippen LogP contribution in [0.15, 0.2) is 33.7 Å². The minimum atomic E-state index is 0.0120. The zero-order chi connectivity index (χ0) is 22.9. The smallest absolute Gasteiger partial charge is 0.208 e. The molecule has 0 saturated carbocycles. The lowest BCUT2D eigenvalue weighted by molar-refractivity contribution is 0.164. The summed E-state index contributed by atoms with van der Waals surface area (Å²) in [6.45, 7) is 15.5. The summed E-state index contributed by atoms with van der Waals surface area (Å²) in [6.07, 6.45) is 2.34. The molecule has 1 aliphatic rings. The third-order valence-electron chi connectivity index (χ3n) is 5.87. The number of aryl methyl sites for hydroxylation is 3. The zero-order valence-corrected chi connectivity index (χ0v) is 20.3. The number of rotatable bonds is 9. The fourth-order valence-corrected chi connectivity index (χ4v) is 3.91. The molecule has 32 heavy (non-hydrogen) atoms. The van der Waals surface area contributed by atoms with Crippen molar-refractivity contribution in [2.45, 2.75) is 60.1 Å². The lowest BCUT2D eigenvalue weighted by Crippen LogP contribution is -2.43. The van der Waals surface area contributed by atoms with Crippen LogP contribution in [0.2, 0.25) is 0 Å². The van der Waals surface area contributed by atoms with Crippen LogP contribution in [0.3, 0.4) is 0 Å². The standard InChI is InChI=1S/C25H39N5O2/c1-6-26-25(27-15-19(3)31-23-9-7-8-18(2)14-23)28-16-22-10-12-30(13-11-22)17-24-29-20(4)21(5)32-24/h7-9,14,19,22H,6,10-13,15-17H2,1-5H3,(H2,26,27,28). The van der Waals surface area contributed by atoms with Gasteiger partial charge in [0, 0.05) is 13.1 Å². The maximum absolute atomic E-state index is 6.01. The van der Waals surface area contributed by atoms with E-state index in [4.69, 9.17) is 14.1 Å². The molecule has 1 atom stereocenters. The number of aromatic nitrogens is 1. The molecular formula is C25H39N5O2. The topological polar surface area (TPSA) is 74.9 Å². The van der Waals surface area contributed by atoms with Gasteiger partial charge >= 0.3 is 0 Å². The first kappa shape index (κ1) is 24.1. The molecule has 176 valence electrons. The Morgan fingerprint density at radius 2 is 2.03 bits per heavy atom. The van der Waals surface area contributed by atoms with Crippen LogP contribution in [0, 0.1) is 26.7 Å². The summed E-state index contributed by atoms with van der Waals surface area (Å²) in [6, 6.07) is 8.14. The Bertz CT molecular complexity index is 851. The first-order valence-electron chi connectivity index (χ1n) is 11.8. The van der Waals surface area contributed by atoms with Gasteiger partial charge in [-0.2, -0.15) is 0 Å². The molecule has 2 N–H and O–H groups in total. The number of nitrogens with zero attached hydrogens (tertiary/aromatic N) is 3. The normalized spacial score (nSPS) is 16.7. The first-order chi connectivity index (χ1) is 15.4. The highest BCUT2D eigenvalue weighted by atomic mass is 16.5. The molecule has 1 unspecified atom stereocenters. The quantitative estimate of drug-likeness (QED) is 0.455. The van der Waals surface area contributed by atoms with Crippen molar-refractivity contribution < 1.29 is 9.15 Å². The highest BCUT2D eigenvalue weighted by Crippen LogP contribution is 2.19. The van der Waals surface area contributed by atoms with E-state index >= 15 is 0 Å². The predicted molar refractivity (Wildman–Crippen MR) is 129 cm³/mol. The third-order valence-corrected chi connectivity index (χ3v) is 5.87. The number of oxazole rings is 1. The van der Waals surface area contributed by atoms with Crippen molar-refractivity contribution in [3.05, 3.63) is 47.2 Å². The van der Waals surface area contributed by atoms with Crippen molar-refractivity contribution in [1.29, 1.82) is 0 Å². The van der Waals surface area contributed by atoms with Gasteiger partial charge in [-0.1, -0.05) is 12.1 Å². The molecule has 0 bridgehead atoms. The highest BCUT2D eigenvalue weighted by molar-refractivity contribution is 5.79. The van der Waals surface area contributed by atoms with E-state index in [1.165, 1.54) is 5.56 Å². The second-order valence-corrected chi connectivity index (χ2v) is 8.81. The van der Waals surface area contributed by atoms with Gasteiger partial charge in [0.15, 0.2) is 5.96 Å². The molecule has 0 aliphatic carbocycles. The molecule has 0 spiro atoms. The number of likely N-dealkylation sites (tertiary alicyclic amines) is 1. The number of piperidine rings is 1. The van der Waals surface area contributed by atoms with Crippen molar-refractivity contribution in [3.63, 3.8) is 0 Å². The van der Waals surface area contributed by atoms with Crippen LogP contribution in [0.25, 0.3) is 0 Å². The van der Waals surface area contributed by atoms with E-state index in [0.29, 0.717) is 12.5 Å². The number of benzene rings is 1. The lowest BCUT2D eigenvalue weighted by atomic mass is 9.97. The molecule has 1 fully saturated rings. The van der Waals surface area contributed by atoms with Crippen molar-refractivity contribution in [2.24, 2.45) is 10.9 Å². The molecule has 7 nitrogen and oxygen atoms in total. The molecule has 0 amide bonds. The zero-order valence-electron chi connectivity index (χ0n) is 20.3. The molecule has 1 aromatic carbocycles. The van der Waals surface area contributed by atoms with E-state index in [1.54, 1.807) is 0 Å². The van der Waals surface area contributed by atoms with E-state index < -0.39 is 0 Å². The Morgan fingerprint density at radius 1 is 1.25 bits per heavy atom. The minimum Gasteiger partial charge on any atom is -0.489 e. The van der Waals surface area contributed by atoms with Gasteiger partial charge in [-0.15, -0.1) is 0 Å². The SMILES string of the molecule is CCNC(=NCC(C)Oc1cccc(C)c1)NCC1CCN(Cc2nc(C)c(C)o2)CC1. The molecule has 1 saturated heterocycles. The monoisotopic (exact) mass is 441 g/mol. The Balaban J connectivity index is 1.41. The number of guanidine groups is 1. The molecule has 1 aromatic heterocycles. The van der Waals surface area contributed by atoms with Crippen molar-refractivity contribution in [3.8, 4) is 5.75 Å². The fraction of sp³-hybridized carbons (Fsp3) is 0.600. The Labute approximate surface area is 192 Å². The molecule has 0 radical (unpaired) electrons. The van der Waals surface area contributed by atoms with Crippen LogP contribution in [0.5, 0.6) is 5.75 Å². The van der Waals surface area contributed by atoms with Gasteiger partial charge in [-0.3, -0.25) is 4.90 Å². The summed E-state index contributed by atoms with van der Waals surface area (Å²) in [5.41, 5.74) is 2.19.